The van der Waals surface area contributed by atoms with E-state index in [2.05, 4.69) is 4.90 Å². The van der Waals surface area contributed by atoms with E-state index < -0.39 is 24.0 Å². The van der Waals surface area contributed by atoms with Gasteiger partial charge in [-0.2, -0.15) is 0 Å². The number of carbonyl (C=O) groups is 2. The largest absolute Gasteiger partial charge is 0.478 e. The van der Waals surface area contributed by atoms with Gasteiger partial charge in [0, 0.05) is 43.7 Å². The van der Waals surface area contributed by atoms with Crippen LogP contribution < -0.4 is 4.74 Å². The lowest BCUT2D eigenvalue weighted by Crippen LogP contribution is -2.58. The van der Waals surface area contributed by atoms with Gasteiger partial charge in [-0.3, -0.25) is 14.5 Å². The molecule has 8 heteroatoms. The molecule has 0 spiro atoms. The van der Waals surface area contributed by atoms with Crippen molar-refractivity contribution in [3.63, 3.8) is 0 Å². The molecule has 1 heterocycles. The van der Waals surface area contributed by atoms with E-state index in [0.717, 1.165) is 17.7 Å². The third-order valence-corrected chi connectivity index (χ3v) is 5.72. The fourth-order valence-corrected chi connectivity index (χ4v) is 3.87. The van der Waals surface area contributed by atoms with Gasteiger partial charge in [0.2, 0.25) is 0 Å². The molecule has 0 radical (unpaired) electrons. The van der Waals surface area contributed by atoms with E-state index in [9.17, 15) is 22.8 Å². The Morgan fingerprint density at radius 1 is 1.00 bits per heavy atom. The summed E-state index contributed by atoms with van der Waals surface area (Å²) in [4.78, 5) is 28.2. The van der Waals surface area contributed by atoms with Crippen LogP contribution in [0, 0.1) is 17.5 Å². The Morgan fingerprint density at radius 3 is 2.22 bits per heavy atom. The molecule has 172 valence electrons. The van der Waals surface area contributed by atoms with Crippen molar-refractivity contribution in [2.45, 2.75) is 45.8 Å². The first-order valence-electron chi connectivity index (χ1n) is 10.6. The van der Waals surface area contributed by atoms with Gasteiger partial charge in [-0.15, -0.1) is 0 Å². The summed E-state index contributed by atoms with van der Waals surface area (Å²) in [5.74, 6) is -3.74. The highest BCUT2D eigenvalue weighted by molar-refractivity contribution is 5.96. The number of rotatable bonds is 7. The predicted molar refractivity (Wildman–Crippen MR) is 114 cm³/mol. The quantitative estimate of drug-likeness (QED) is 0.596. The monoisotopic (exact) mass is 448 g/mol. The summed E-state index contributed by atoms with van der Waals surface area (Å²) in [6.07, 6.45) is 0.126. The number of ether oxygens (including phenoxy) is 1. The molecule has 0 saturated carbocycles. The van der Waals surface area contributed by atoms with Crippen molar-refractivity contribution in [3.05, 3.63) is 65.0 Å². The van der Waals surface area contributed by atoms with Crippen molar-refractivity contribution in [2.24, 2.45) is 0 Å². The summed E-state index contributed by atoms with van der Waals surface area (Å²) >= 11 is 0. The highest BCUT2D eigenvalue weighted by Gasteiger charge is 2.32. The van der Waals surface area contributed by atoms with Crippen LogP contribution in [0.5, 0.6) is 5.75 Å². The number of hydrogen-bond donors (Lipinski definition) is 0. The molecule has 1 saturated heterocycles. The molecular weight excluding hydrogens is 421 g/mol. The topological polar surface area (TPSA) is 49.9 Å². The van der Waals surface area contributed by atoms with Gasteiger partial charge in [0.15, 0.2) is 29.8 Å². The van der Waals surface area contributed by atoms with Gasteiger partial charge in [-0.05, 0) is 43.7 Å². The molecular formula is C24H27F3N2O3. The number of ketones is 1. The van der Waals surface area contributed by atoms with Crippen LogP contribution in [-0.2, 0) is 11.3 Å². The molecule has 1 fully saturated rings. The molecule has 0 aliphatic carbocycles. The number of piperazine rings is 1. The second-order valence-corrected chi connectivity index (χ2v) is 8.13. The Bertz CT molecular complexity index is 958. The van der Waals surface area contributed by atoms with Gasteiger partial charge in [-0.25, -0.2) is 13.2 Å². The smallest absolute Gasteiger partial charge is 0.260 e. The second-order valence-electron chi connectivity index (χ2n) is 8.13. The zero-order valence-electron chi connectivity index (χ0n) is 18.4. The Kier molecular flexibility index (Phi) is 7.56. The number of amides is 1. The van der Waals surface area contributed by atoms with E-state index in [0.29, 0.717) is 19.6 Å². The summed E-state index contributed by atoms with van der Waals surface area (Å²) in [5.41, 5.74) is 0.908. The molecule has 5 nitrogen and oxygen atoms in total. The third-order valence-electron chi connectivity index (χ3n) is 5.72. The second kappa shape index (κ2) is 10.2. The van der Waals surface area contributed by atoms with Crippen LogP contribution in [0.15, 0.2) is 36.4 Å². The average Bonchev–Trinajstić information content (AvgIpc) is 2.76. The normalized spacial score (nSPS) is 19.1. The number of carbonyl (C=O) groups excluding carboxylic acids is 2. The maximum atomic E-state index is 14.2. The van der Waals surface area contributed by atoms with Crippen molar-refractivity contribution in [1.82, 2.24) is 9.80 Å². The number of benzene rings is 2. The Hall–Kier alpha value is -2.87. The van der Waals surface area contributed by atoms with E-state index in [1.807, 2.05) is 13.8 Å². The number of hydrogen-bond acceptors (Lipinski definition) is 4. The summed E-state index contributed by atoms with van der Waals surface area (Å²) in [5, 5.41) is 0. The van der Waals surface area contributed by atoms with Crippen LogP contribution in [0.25, 0.3) is 0 Å². The third kappa shape index (κ3) is 5.48. The molecule has 3 rings (SSSR count). The molecule has 0 N–H and O–H groups in total. The summed E-state index contributed by atoms with van der Waals surface area (Å²) < 4.78 is 46.8. The fraction of sp³-hybridized carbons (Fsp3) is 0.417. The first-order chi connectivity index (χ1) is 15.2. The minimum atomic E-state index is -1.01. The maximum absolute atomic E-state index is 14.2. The van der Waals surface area contributed by atoms with Crippen molar-refractivity contribution < 1.29 is 27.5 Å². The van der Waals surface area contributed by atoms with Crippen molar-refractivity contribution >= 4 is 11.7 Å². The lowest BCUT2D eigenvalue weighted by Gasteiger charge is -2.44. The van der Waals surface area contributed by atoms with Gasteiger partial charge in [-0.1, -0.05) is 19.1 Å². The van der Waals surface area contributed by atoms with Crippen LogP contribution in [0.4, 0.5) is 13.2 Å². The summed E-state index contributed by atoms with van der Waals surface area (Å²) in [7, 11) is 0. The standard InChI is InChI=1S/C24H27F3N2O3/c1-4-22(30)18-9-20(26)24(21(27)10-18)32-14-23(31)29-12-15(2)28(11-16(29)3)13-17-5-7-19(25)8-6-17/h5-10,15-16H,4,11-14H2,1-3H3/t15-,16+/m1/s1. The fourth-order valence-electron chi connectivity index (χ4n) is 3.87. The molecule has 0 bridgehead atoms. The van der Waals surface area contributed by atoms with E-state index in [1.165, 1.54) is 12.1 Å². The highest BCUT2D eigenvalue weighted by atomic mass is 19.1. The zero-order chi connectivity index (χ0) is 23.4. The predicted octanol–water partition coefficient (Wildman–Crippen LogP) is 4.20. The number of nitrogens with zero attached hydrogens (tertiary/aromatic N) is 2. The molecule has 0 aromatic heterocycles. The van der Waals surface area contributed by atoms with Crippen LogP contribution in [0.1, 0.15) is 43.1 Å². The number of halogens is 3. The van der Waals surface area contributed by atoms with Crippen molar-refractivity contribution in [1.29, 1.82) is 0 Å². The SMILES string of the molecule is CCC(=O)c1cc(F)c(OCC(=O)N2C[C@@H](C)N(Cc3ccc(F)cc3)C[C@@H]2C)c(F)c1. The summed E-state index contributed by atoms with van der Waals surface area (Å²) in [6, 6.07) is 8.06. The average molecular weight is 448 g/mol. The molecule has 1 aliphatic rings. The minimum absolute atomic E-state index is 0.0352. The van der Waals surface area contributed by atoms with Crippen LogP contribution in [-0.4, -0.2) is 53.3 Å². The zero-order valence-corrected chi connectivity index (χ0v) is 18.4. The van der Waals surface area contributed by atoms with Gasteiger partial charge in [0.25, 0.3) is 5.91 Å². The molecule has 0 unspecified atom stereocenters. The van der Waals surface area contributed by atoms with E-state index in [4.69, 9.17) is 4.74 Å². The lowest BCUT2D eigenvalue weighted by molar-refractivity contribution is -0.139. The van der Waals surface area contributed by atoms with E-state index in [1.54, 1.807) is 24.0 Å². The molecule has 2 aromatic carbocycles. The first-order valence-corrected chi connectivity index (χ1v) is 10.6. The Balaban J connectivity index is 1.60. The maximum Gasteiger partial charge on any atom is 0.260 e. The summed E-state index contributed by atoms with van der Waals surface area (Å²) in [6.45, 7) is 6.63. The molecule has 2 atom stereocenters. The van der Waals surface area contributed by atoms with Crippen LogP contribution in [0.2, 0.25) is 0 Å². The molecule has 1 amide bonds. The van der Waals surface area contributed by atoms with Gasteiger partial charge < -0.3 is 9.64 Å². The van der Waals surface area contributed by atoms with Crippen molar-refractivity contribution in [3.8, 4) is 5.75 Å². The van der Waals surface area contributed by atoms with E-state index >= 15 is 0 Å². The highest BCUT2D eigenvalue weighted by Crippen LogP contribution is 2.25. The first kappa shape index (κ1) is 23.8. The van der Waals surface area contributed by atoms with Crippen LogP contribution in [0.3, 0.4) is 0 Å². The lowest BCUT2D eigenvalue weighted by atomic mass is 10.1. The number of Topliss-reactive ketones (excluding diaryl/α,β-unsaturated/α-hetero) is 1. The molecule has 32 heavy (non-hydrogen) atoms. The van der Waals surface area contributed by atoms with Gasteiger partial charge in [0.1, 0.15) is 5.82 Å². The van der Waals surface area contributed by atoms with E-state index in [-0.39, 0.29) is 41.6 Å². The minimum Gasteiger partial charge on any atom is -0.478 e. The Labute approximate surface area is 185 Å². The van der Waals surface area contributed by atoms with Gasteiger partial charge >= 0.3 is 0 Å². The molecule has 2 aromatic rings. The van der Waals surface area contributed by atoms with Gasteiger partial charge in [0.05, 0.1) is 0 Å². The molecule has 1 aliphatic heterocycles. The van der Waals surface area contributed by atoms with Crippen molar-refractivity contribution in [2.75, 3.05) is 19.7 Å². The Morgan fingerprint density at radius 2 is 1.62 bits per heavy atom. The van der Waals surface area contributed by atoms with Crippen LogP contribution >= 0.6 is 0 Å².